The number of nitrogens with zero attached hydrogens (tertiary/aromatic N) is 7. The van der Waals surface area contributed by atoms with Gasteiger partial charge in [0.15, 0.2) is 5.82 Å². The SMILES string of the molecule is Cc1nc2ccccc2n1C1CCN(Cc2nnnn2CCc2ccccc2)CC1.[Cl-]. The van der Waals surface area contributed by atoms with E-state index in [4.69, 9.17) is 4.98 Å². The molecule has 0 amide bonds. The van der Waals surface area contributed by atoms with E-state index >= 15 is 0 Å². The van der Waals surface area contributed by atoms with Crippen molar-refractivity contribution in [2.75, 3.05) is 13.1 Å². The molecule has 0 radical (unpaired) electrons. The van der Waals surface area contributed by atoms with E-state index in [9.17, 15) is 0 Å². The Balaban J connectivity index is 0.00000231. The van der Waals surface area contributed by atoms with Crippen molar-refractivity contribution < 1.29 is 12.4 Å². The van der Waals surface area contributed by atoms with Crippen molar-refractivity contribution in [2.45, 2.75) is 45.3 Å². The molecule has 0 atom stereocenters. The molecule has 7 nitrogen and oxygen atoms in total. The fraction of sp³-hybridized carbons (Fsp3) is 0.391. The molecule has 1 fully saturated rings. The number of aromatic nitrogens is 6. The van der Waals surface area contributed by atoms with Gasteiger partial charge in [0.25, 0.3) is 0 Å². The smallest absolute Gasteiger partial charge is 0.165 e. The van der Waals surface area contributed by atoms with Crippen LogP contribution in [0.3, 0.4) is 0 Å². The average Bonchev–Trinajstić information content (AvgIpc) is 3.36. The van der Waals surface area contributed by atoms with E-state index in [1.165, 1.54) is 11.1 Å². The lowest BCUT2D eigenvalue weighted by Crippen LogP contribution is -3.00. The minimum Gasteiger partial charge on any atom is -1.00 e. The number of aryl methyl sites for hydroxylation is 3. The van der Waals surface area contributed by atoms with E-state index in [2.05, 4.69) is 80.4 Å². The summed E-state index contributed by atoms with van der Waals surface area (Å²) in [5.74, 6) is 2.06. The average molecular weight is 437 g/mol. The fourth-order valence-electron chi connectivity index (χ4n) is 4.55. The van der Waals surface area contributed by atoms with Crippen molar-refractivity contribution in [3.63, 3.8) is 0 Å². The Morgan fingerprint density at radius 3 is 2.52 bits per heavy atom. The molecule has 162 valence electrons. The Kier molecular flexibility index (Phi) is 6.63. The highest BCUT2D eigenvalue weighted by atomic mass is 35.5. The molecular weight excluding hydrogens is 410 g/mol. The monoisotopic (exact) mass is 436 g/mol. The maximum absolute atomic E-state index is 4.74. The van der Waals surface area contributed by atoms with Crippen molar-refractivity contribution >= 4 is 11.0 Å². The maximum Gasteiger partial charge on any atom is 0.165 e. The summed E-state index contributed by atoms with van der Waals surface area (Å²) in [6, 6.07) is 19.4. The van der Waals surface area contributed by atoms with Gasteiger partial charge >= 0.3 is 0 Å². The quantitative estimate of drug-likeness (QED) is 0.438. The minimum absolute atomic E-state index is 0. The topological polar surface area (TPSA) is 64.7 Å². The van der Waals surface area contributed by atoms with Crippen molar-refractivity contribution in [1.82, 2.24) is 34.7 Å². The number of fused-ring (bicyclic) bond motifs is 1. The summed E-state index contributed by atoms with van der Waals surface area (Å²) in [5.41, 5.74) is 3.65. The fourth-order valence-corrected chi connectivity index (χ4v) is 4.55. The number of imidazole rings is 1. The summed E-state index contributed by atoms with van der Waals surface area (Å²) in [6.07, 6.45) is 3.17. The Morgan fingerprint density at radius 1 is 0.968 bits per heavy atom. The van der Waals surface area contributed by atoms with Gasteiger partial charge in [-0.25, -0.2) is 9.67 Å². The predicted molar refractivity (Wildman–Crippen MR) is 116 cm³/mol. The molecule has 2 aromatic carbocycles. The van der Waals surface area contributed by atoms with Crippen LogP contribution in [-0.2, 0) is 19.5 Å². The van der Waals surface area contributed by atoms with E-state index in [1.807, 2.05) is 10.7 Å². The van der Waals surface area contributed by atoms with E-state index in [1.54, 1.807) is 0 Å². The van der Waals surface area contributed by atoms with Crippen LogP contribution in [0.25, 0.3) is 11.0 Å². The van der Waals surface area contributed by atoms with Gasteiger partial charge in [-0.1, -0.05) is 42.5 Å². The number of rotatable bonds is 6. The van der Waals surface area contributed by atoms with Crippen LogP contribution in [0.4, 0.5) is 0 Å². The van der Waals surface area contributed by atoms with Crippen LogP contribution in [0.5, 0.6) is 0 Å². The van der Waals surface area contributed by atoms with E-state index < -0.39 is 0 Å². The standard InChI is InChI=1S/C23H27N7.ClH/c1-18-24-21-9-5-6-10-22(21)30(18)20-12-14-28(15-13-20)17-23-25-26-27-29(23)16-11-19-7-3-2-4-8-19;/h2-10,20H,11-17H2,1H3;1H/p-1. The van der Waals surface area contributed by atoms with E-state index in [0.717, 1.165) is 62.6 Å². The van der Waals surface area contributed by atoms with Crippen LogP contribution >= 0.6 is 0 Å². The molecule has 0 bridgehead atoms. The highest BCUT2D eigenvalue weighted by Gasteiger charge is 2.24. The molecule has 0 saturated carbocycles. The number of benzene rings is 2. The molecule has 0 spiro atoms. The second kappa shape index (κ2) is 9.58. The first-order valence-electron chi connectivity index (χ1n) is 10.7. The van der Waals surface area contributed by atoms with Gasteiger partial charge in [0, 0.05) is 25.7 Å². The molecular formula is C23H27ClN7-. The lowest BCUT2D eigenvalue weighted by Gasteiger charge is -2.33. The Labute approximate surface area is 188 Å². The summed E-state index contributed by atoms with van der Waals surface area (Å²) >= 11 is 0. The molecule has 1 saturated heterocycles. The van der Waals surface area contributed by atoms with Gasteiger partial charge in [0.2, 0.25) is 0 Å². The van der Waals surface area contributed by atoms with Gasteiger partial charge < -0.3 is 17.0 Å². The first kappa shape index (κ1) is 21.5. The number of para-hydroxylation sites is 2. The van der Waals surface area contributed by atoms with Gasteiger partial charge in [-0.3, -0.25) is 4.90 Å². The van der Waals surface area contributed by atoms with Crippen LogP contribution in [0.1, 0.15) is 36.1 Å². The van der Waals surface area contributed by atoms with Crippen molar-refractivity contribution in [1.29, 1.82) is 0 Å². The number of piperidine rings is 1. The minimum atomic E-state index is 0. The summed E-state index contributed by atoms with van der Waals surface area (Å²) in [7, 11) is 0. The maximum atomic E-state index is 4.74. The van der Waals surface area contributed by atoms with Gasteiger partial charge in [0.1, 0.15) is 5.82 Å². The third kappa shape index (κ3) is 4.62. The first-order chi connectivity index (χ1) is 14.8. The van der Waals surface area contributed by atoms with E-state index in [0.29, 0.717) is 6.04 Å². The Bertz CT molecular complexity index is 1110. The second-order valence-electron chi connectivity index (χ2n) is 8.08. The highest BCUT2D eigenvalue weighted by molar-refractivity contribution is 5.76. The zero-order chi connectivity index (χ0) is 20.3. The zero-order valence-corrected chi connectivity index (χ0v) is 18.5. The highest BCUT2D eigenvalue weighted by Crippen LogP contribution is 2.29. The van der Waals surface area contributed by atoms with Gasteiger partial charge in [0.05, 0.1) is 17.6 Å². The lowest BCUT2D eigenvalue weighted by molar-refractivity contribution is -0.00000653. The molecule has 0 aliphatic carbocycles. The molecule has 31 heavy (non-hydrogen) atoms. The van der Waals surface area contributed by atoms with Gasteiger partial charge in [-0.2, -0.15) is 0 Å². The van der Waals surface area contributed by atoms with Crippen LogP contribution < -0.4 is 12.4 Å². The third-order valence-electron chi connectivity index (χ3n) is 6.12. The largest absolute Gasteiger partial charge is 1.00 e. The van der Waals surface area contributed by atoms with Crippen LogP contribution in [0.15, 0.2) is 54.6 Å². The van der Waals surface area contributed by atoms with Crippen molar-refractivity contribution in [3.05, 3.63) is 71.8 Å². The molecule has 2 aromatic heterocycles. The number of hydrogen-bond donors (Lipinski definition) is 0. The van der Waals surface area contributed by atoms with E-state index in [-0.39, 0.29) is 12.4 Å². The number of halogens is 1. The summed E-state index contributed by atoms with van der Waals surface area (Å²) in [5, 5.41) is 12.4. The normalized spacial score (nSPS) is 15.3. The molecule has 1 aliphatic rings. The summed E-state index contributed by atoms with van der Waals surface area (Å²) in [6.45, 7) is 5.82. The van der Waals surface area contributed by atoms with Crippen LogP contribution in [0.2, 0.25) is 0 Å². The van der Waals surface area contributed by atoms with Crippen LogP contribution in [-0.4, -0.2) is 47.7 Å². The van der Waals surface area contributed by atoms with Crippen molar-refractivity contribution in [3.8, 4) is 0 Å². The predicted octanol–water partition coefficient (Wildman–Crippen LogP) is 0.415. The summed E-state index contributed by atoms with van der Waals surface area (Å²) in [4.78, 5) is 7.21. The number of tetrazole rings is 1. The molecule has 0 N–H and O–H groups in total. The molecule has 0 unspecified atom stereocenters. The molecule has 1 aliphatic heterocycles. The lowest BCUT2D eigenvalue weighted by atomic mass is 10.0. The Morgan fingerprint density at radius 2 is 1.71 bits per heavy atom. The molecule has 8 heteroatoms. The van der Waals surface area contributed by atoms with Crippen molar-refractivity contribution in [2.24, 2.45) is 0 Å². The first-order valence-corrected chi connectivity index (χ1v) is 10.7. The molecule has 5 rings (SSSR count). The molecule has 4 aromatic rings. The van der Waals surface area contributed by atoms with Crippen LogP contribution in [0, 0.1) is 6.92 Å². The summed E-state index contributed by atoms with van der Waals surface area (Å²) < 4.78 is 4.38. The zero-order valence-electron chi connectivity index (χ0n) is 17.7. The third-order valence-corrected chi connectivity index (χ3v) is 6.12. The second-order valence-corrected chi connectivity index (χ2v) is 8.08. The Hall–Kier alpha value is -2.77. The van der Waals surface area contributed by atoms with Gasteiger partial charge in [-0.15, -0.1) is 5.10 Å². The van der Waals surface area contributed by atoms with Gasteiger partial charge in [-0.05, 0) is 54.3 Å². The molecule has 3 heterocycles. The number of hydrogen-bond acceptors (Lipinski definition) is 5. The number of likely N-dealkylation sites (tertiary alicyclic amines) is 1.